The number of aromatic nitrogens is 4. The zero-order chi connectivity index (χ0) is 24.5. The summed E-state index contributed by atoms with van der Waals surface area (Å²) < 4.78 is 20.7. The largest absolute Gasteiger partial charge is 0.437 e. The van der Waals surface area contributed by atoms with Crippen LogP contribution in [0.15, 0.2) is 65.8 Å². The van der Waals surface area contributed by atoms with E-state index in [9.17, 15) is 14.0 Å². The summed E-state index contributed by atoms with van der Waals surface area (Å²) in [6.45, 7) is 0. The molecule has 0 amide bonds. The third-order valence-corrected chi connectivity index (χ3v) is 5.91. The van der Waals surface area contributed by atoms with E-state index in [4.69, 9.17) is 22.1 Å². The van der Waals surface area contributed by atoms with Crippen molar-refractivity contribution in [2.45, 2.75) is 25.3 Å². The number of anilines is 1. The molecule has 3 heterocycles. The van der Waals surface area contributed by atoms with Gasteiger partial charge in [-0.2, -0.15) is 5.10 Å². The average Bonchev–Trinajstić information content (AvgIpc) is 3.70. The molecular formula is C25H19ClFN5O3. The van der Waals surface area contributed by atoms with Crippen molar-refractivity contribution >= 4 is 23.2 Å². The molecule has 35 heavy (non-hydrogen) atoms. The Kier molecular flexibility index (Phi) is 6.00. The number of carbonyl (C=O) groups excluding carboxylic acids is 1. The second-order valence-electron chi connectivity index (χ2n) is 8.15. The number of carbonyl (C=O) groups is 1. The first-order valence-electron chi connectivity index (χ1n) is 10.8. The Bertz CT molecular complexity index is 1470. The van der Waals surface area contributed by atoms with Crippen molar-refractivity contribution in [3.05, 3.63) is 93.4 Å². The lowest BCUT2D eigenvalue weighted by atomic mass is 10.0. The molecule has 1 aromatic carbocycles. The summed E-state index contributed by atoms with van der Waals surface area (Å²) in [5.41, 5.74) is 6.45. The van der Waals surface area contributed by atoms with E-state index in [-0.39, 0.29) is 34.9 Å². The van der Waals surface area contributed by atoms with Crippen LogP contribution in [0.2, 0.25) is 5.02 Å². The fourth-order valence-corrected chi connectivity index (χ4v) is 3.68. The van der Waals surface area contributed by atoms with Gasteiger partial charge in [0.2, 0.25) is 11.3 Å². The first kappa shape index (κ1) is 22.7. The van der Waals surface area contributed by atoms with Crippen molar-refractivity contribution in [1.29, 1.82) is 0 Å². The van der Waals surface area contributed by atoms with Crippen LogP contribution in [0, 0.1) is 5.82 Å². The highest BCUT2D eigenvalue weighted by Crippen LogP contribution is 2.34. The molecule has 0 atom stereocenters. The lowest BCUT2D eigenvalue weighted by molar-refractivity contribution is 0.0984. The topological polar surface area (TPSA) is 113 Å². The number of benzene rings is 1. The van der Waals surface area contributed by atoms with Crippen molar-refractivity contribution in [2.24, 2.45) is 0 Å². The minimum atomic E-state index is -0.490. The standard InChI is InChI=1S/C25H19ClFN5O3/c26-22-20(9-10-29-25(22)28)35-21-8-1-14(12-30-21)11-19(33)23-24(34)18(13-32(31-23)17-6-7-17)15-2-4-16(27)5-3-15/h1-5,8-10,12-13,17H,6-7,11H2,(H2,28,29). The summed E-state index contributed by atoms with van der Waals surface area (Å²) >= 11 is 6.09. The highest BCUT2D eigenvalue weighted by atomic mass is 35.5. The van der Waals surface area contributed by atoms with Gasteiger partial charge in [0.15, 0.2) is 17.2 Å². The van der Waals surface area contributed by atoms with Crippen LogP contribution in [0.25, 0.3) is 11.1 Å². The third kappa shape index (κ3) is 4.90. The SMILES string of the molecule is Nc1nccc(Oc2ccc(CC(=O)c3nn(C4CC4)cc(-c4ccc(F)cc4)c3=O)cn2)c1Cl. The third-order valence-electron chi connectivity index (χ3n) is 5.53. The molecule has 0 aliphatic heterocycles. The summed E-state index contributed by atoms with van der Waals surface area (Å²) in [7, 11) is 0. The molecule has 1 fully saturated rings. The molecule has 4 aromatic rings. The summed E-state index contributed by atoms with van der Waals surface area (Å²) in [5, 5.41) is 4.50. The number of nitrogens with two attached hydrogens (primary N) is 1. The Labute approximate surface area is 204 Å². The van der Waals surface area contributed by atoms with Gasteiger partial charge in [-0.3, -0.25) is 14.3 Å². The van der Waals surface area contributed by atoms with E-state index in [1.54, 1.807) is 29.1 Å². The van der Waals surface area contributed by atoms with Crippen molar-refractivity contribution in [3.63, 3.8) is 0 Å². The van der Waals surface area contributed by atoms with Crippen LogP contribution in [-0.2, 0) is 6.42 Å². The Balaban J connectivity index is 1.39. The Morgan fingerprint density at radius 1 is 1.14 bits per heavy atom. The highest BCUT2D eigenvalue weighted by molar-refractivity contribution is 6.34. The Morgan fingerprint density at radius 3 is 2.60 bits per heavy atom. The molecular weight excluding hydrogens is 473 g/mol. The monoisotopic (exact) mass is 491 g/mol. The minimum Gasteiger partial charge on any atom is -0.437 e. The van der Waals surface area contributed by atoms with Crippen LogP contribution in [0.3, 0.4) is 0 Å². The number of rotatable bonds is 7. The number of ether oxygens (including phenoxy) is 1. The lowest BCUT2D eigenvalue weighted by Crippen LogP contribution is -2.24. The van der Waals surface area contributed by atoms with Gasteiger partial charge >= 0.3 is 0 Å². The fourth-order valence-electron chi connectivity index (χ4n) is 3.53. The van der Waals surface area contributed by atoms with Crippen LogP contribution in [0.4, 0.5) is 10.2 Å². The quantitative estimate of drug-likeness (QED) is 0.375. The fraction of sp³-hybridized carbons (Fsp3) is 0.160. The molecule has 1 aliphatic carbocycles. The Hall–Kier alpha value is -4.11. The number of nitrogen functional groups attached to an aromatic ring is 1. The molecule has 1 saturated carbocycles. The molecule has 8 nitrogen and oxygen atoms in total. The molecule has 0 saturated heterocycles. The van der Waals surface area contributed by atoms with Gasteiger partial charge in [0.05, 0.1) is 6.04 Å². The zero-order valence-corrected chi connectivity index (χ0v) is 19.1. The van der Waals surface area contributed by atoms with Crippen molar-refractivity contribution in [1.82, 2.24) is 19.7 Å². The summed E-state index contributed by atoms with van der Waals surface area (Å²) in [4.78, 5) is 34.3. The highest BCUT2D eigenvalue weighted by Gasteiger charge is 2.27. The number of nitrogens with zero attached hydrogens (tertiary/aromatic N) is 4. The van der Waals surface area contributed by atoms with Crippen LogP contribution in [-0.4, -0.2) is 25.5 Å². The maximum absolute atomic E-state index is 13.4. The van der Waals surface area contributed by atoms with Gasteiger partial charge in [0, 0.05) is 42.7 Å². The predicted octanol–water partition coefficient (Wildman–Crippen LogP) is 4.63. The lowest BCUT2D eigenvalue weighted by Gasteiger charge is -2.10. The van der Waals surface area contributed by atoms with Gasteiger partial charge in [-0.15, -0.1) is 0 Å². The molecule has 2 N–H and O–H groups in total. The van der Waals surface area contributed by atoms with Crippen molar-refractivity contribution in [2.75, 3.05) is 5.73 Å². The number of hydrogen-bond donors (Lipinski definition) is 1. The average molecular weight is 492 g/mol. The smallest absolute Gasteiger partial charge is 0.219 e. The summed E-state index contributed by atoms with van der Waals surface area (Å²) in [6, 6.07) is 10.5. The first-order valence-corrected chi connectivity index (χ1v) is 11.2. The Morgan fingerprint density at radius 2 is 1.91 bits per heavy atom. The second kappa shape index (κ2) is 9.27. The van der Waals surface area contributed by atoms with Crippen molar-refractivity contribution in [3.8, 4) is 22.8 Å². The van der Waals surface area contributed by atoms with E-state index in [0.717, 1.165) is 12.8 Å². The molecule has 0 spiro atoms. The van der Waals surface area contributed by atoms with Gasteiger partial charge in [-0.05, 0) is 36.1 Å². The van der Waals surface area contributed by atoms with Gasteiger partial charge in [-0.1, -0.05) is 29.8 Å². The minimum absolute atomic E-state index is 0.0734. The number of halogens is 2. The molecule has 3 aromatic heterocycles. The summed E-state index contributed by atoms with van der Waals surface area (Å²) in [5.74, 6) is -0.150. The van der Waals surface area contributed by atoms with E-state index >= 15 is 0 Å². The van der Waals surface area contributed by atoms with Crippen molar-refractivity contribution < 1.29 is 13.9 Å². The molecule has 5 rings (SSSR count). The molecule has 0 unspecified atom stereocenters. The normalized spacial score (nSPS) is 13.0. The van der Waals surface area contributed by atoms with Crippen LogP contribution < -0.4 is 15.9 Å². The van der Waals surface area contributed by atoms with Crippen LogP contribution in [0.5, 0.6) is 11.6 Å². The molecule has 0 radical (unpaired) electrons. The predicted molar refractivity (Wildman–Crippen MR) is 128 cm³/mol. The van der Waals surface area contributed by atoms with Gasteiger partial charge in [0.1, 0.15) is 16.7 Å². The maximum Gasteiger partial charge on any atom is 0.219 e. The molecule has 0 bridgehead atoms. The van der Waals surface area contributed by atoms with E-state index in [1.165, 1.54) is 36.7 Å². The van der Waals surface area contributed by atoms with Gasteiger partial charge in [0.25, 0.3) is 0 Å². The maximum atomic E-state index is 13.4. The zero-order valence-electron chi connectivity index (χ0n) is 18.3. The molecule has 10 heteroatoms. The van der Waals surface area contributed by atoms with E-state index in [2.05, 4.69) is 15.1 Å². The summed E-state index contributed by atoms with van der Waals surface area (Å²) in [6.07, 6.45) is 6.35. The van der Waals surface area contributed by atoms with Gasteiger partial charge in [-0.25, -0.2) is 14.4 Å². The van der Waals surface area contributed by atoms with E-state index in [1.807, 2.05) is 0 Å². The number of Topliss-reactive ketones (excluding diaryl/α,β-unsaturated/α-hetero) is 1. The van der Waals surface area contributed by atoms with Crippen LogP contribution >= 0.6 is 11.6 Å². The molecule has 1 aliphatic rings. The number of pyridine rings is 2. The van der Waals surface area contributed by atoms with E-state index in [0.29, 0.717) is 22.4 Å². The second-order valence-corrected chi connectivity index (χ2v) is 8.53. The molecule has 176 valence electrons. The van der Waals surface area contributed by atoms with Crippen LogP contribution in [0.1, 0.15) is 34.9 Å². The number of hydrogen-bond acceptors (Lipinski definition) is 7. The van der Waals surface area contributed by atoms with E-state index < -0.39 is 17.0 Å². The first-order chi connectivity index (χ1) is 16.9. The number of ketones is 1. The van der Waals surface area contributed by atoms with Gasteiger partial charge < -0.3 is 10.5 Å².